The highest BCUT2D eigenvalue weighted by molar-refractivity contribution is 5.70. The lowest BCUT2D eigenvalue weighted by Crippen LogP contribution is -2.41. The number of alkyl carbamates (subject to hydrolysis) is 1. The van der Waals surface area contributed by atoms with Crippen molar-refractivity contribution in [1.82, 2.24) is 10.2 Å². The van der Waals surface area contributed by atoms with E-state index in [1.165, 1.54) is 109 Å². The molecule has 1 N–H and O–H groups in total. The summed E-state index contributed by atoms with van der Waals surface area (Å²) in [5.41, 5.74) is 0. The molecule has 0 aromatic carbocycles. The Morgan fingerprint density at radius 3 is 1.34 bits per heavy atom. The van der Waals surface area contributed by atoms with E-state index in [4.69, 9.17) is 14.2 Å². The van der Waals surface area contributed by atoms with Crippen LogP contribution in [0, 0.1) is 0 Å². The SMILES string of the molecule is CCCCCCCCC=CCCCCCCCC(=O)OCC(CNC(=O)OCCN(C(C)C)C(C)C)OC(=O)CCCCCCCC=CCCCCCCCC. The molecule has 0 radical (unpaired) electrons. The van der Waals surface area contributed by atoms with Crippen molar-refractivity contribution in [2.45, 2.75) is 240 Å². The van der Waals surface area contributed by atoms with Gasteiger partial charge >= 0.3 is 18.0 Å². The van der Waals surface area contributed by atoms with E-state index in [2.05, 4.69) is 76.1 Å². The maximum Gasteiger partial charge on any atom is 0.407 e. The highest BCUT2D eigenvalue weighted by Crippen LogP contribution is 2.13. The molecule has 1 atom stereocenters. The number of hydrogen-bond acceptors (Lipinski definition) is 7. The summed E-state index contributed by atoms with van der Waals surface area (Å²) < 4.78 is 16.6. The lowest BCUT2D eigenvalue weighted by atomic mass is 10.1. The molecule has 0 aliphatic carbocycles. The summed E-state index contributed by atoms with van der Waals surface area (Å²) in [6, 6.07) is 0.683. The molecule has 0 bridgehead atoms. The van der Waals surface area contributed by atoms with Crippen LogP contribution in [0.25, 0.3) is 0 Å². The van der Waals surface area contributed by atoms with Crippen LogP contribution in [0.3, 0.4) is 0 Å². The van der Waals surface area contributed by atoms with Gasteiger partial charge in [0.25, 0.3) is 0 Å². The van der Waals surface area contributed by atoms with Gasteiger partial charge in [0.05, 0.1) is 6.54 Å². The van der Waals surface area contributed by atoms with E-state index in [9.17, 15) is 14.4 Å². The Hall–Kier alpha value is -2.35. The molecule has 0 heterocycles. The maximum absolute atomic E-state index is 12.8. The van der Waals surface area contributed by atoms with Crippen LogP contribution in [-0.4, -0.2) is 67.4 Å². The highest BCUT2D eigenvalue weighted by atomic mass is 16.6. The number of nitrogens with zero attached hydrogens (tertiary/aromatic N) is 1. The summed E-state index contributed by atoms with van der Waals surface area (Å²) in [5.74, 6) is -0.633. The predicted molar refractivity (Wildman–Crippen MR) is 236 cm³/mol. The number of esters is 2. The third-order valence-corrected chi connectivity index (χ3v) is 10.4. The summed E-state index contributed by atoms with van der Waals surface area (Å²) >= 11 is 0. The van der Waals surface area contributed by atoms with Gasteiger partial charge < -0.3 is 19.5 Å². The van der Waals surface area contributed by atoms with Gasteiger partial charge in [0.1, 0.15) is 13.2 Å². The van der Waals surface area contributed by atoms with E-state index >= 15 is 0 Å². The number of allylic oxidation sites excluding steroid dienone is 4. The minimum absolute atomic E-state index is 0.0235. The monoisotopic (exact) mass is 791 g/mol. The Labute approximate surface area is 346 Å². The van der Waals surface area contributed by atoms with Crippen LogP contribution in [0.1, 0.15) is 221 Å². The van der Waals surface area contributed by atoms with Gasteiger partial charge in [0.2, 0.25) is 0 Å². The number of carbonyl (C=O) groups is 3. The van der Waals surface area contributed by atoms with Crippen LogP contribution in [-0.2, 0) is 23.8 Å². The molecule has 328 valence electrons. The smallest absolute Gasteiger partial charge is 0.407 e. The van der Waals surface area contributed by atoms with E-state index in [-0.39, 0.29) is 31.7 Å². The molecule has 0 rings (SSSR count). The van der Waals surface area contributed by atoms with Crippen LogP contribution in [0.15, 0.2) is 24.3 Å². The molecule has 0 aromatic rings. The van der Waals surface area contributed by atoms with E-state index < -0.39 is 12.2 Å². The zero-order chi connectivity index (χ0) is 41.3. The number of amides is 1. The summed E-state index contributed by atoms with van der Waals surface area (Å²) in [6.07, 6.45) is 39.8. The first-order valence-corrected chi connectivity index (χ1v) is 23.5. The van der Waals surface area contributed by atoms with Crippen LogP contribution in [0.2, 0.25) is 0 Å². The standard InChI is InChI=1S/C48H90N2O6/c1-7-9-11-13-15-17-19-21-23-25-27-29-31-33-35-37-46(51)55-42-45(41-49-48(53)54-40-39-50(43(3)4)44(5)6)56-47(52)38-36-34-32-30-28-26-24-22-20-18-16-14-12-10-8-2/h21-24,43-45H,7-20,25-42H2,1-6H3,(H,49,53). The average molecular weight is 791 g/mol. The van der Waals surface area contributed by atoms with E-state index in [1.54, 1.807) is 0 Å². The van der Waals surface area contributed by atoms with Gasteiger partial charge in [-0.25, -0.2) is 4.79 Å². The number of hydrogen-bond donors (Lipinski definition) is 1. The summed E-state index contributed by atoms with van der Waals surface area (Å²) in [4.78, 5) is 40.0. The van der Waals surface area contributed by atoms with Crippen molar-refractivity contribution in [1.29, 1.82) is 0 Å². The third-order valence-electron chi connectivity index (χ3n) is 10.4. The Morgan fingerprint density at radius 2 is 0.911 bits per heavy atom. The van der Waals surface area contributed by atoms with E-state index in [0.29, 0.717) is 31.5 Å². The highest BCUT2D eigenvalue weighted by Gasteiger charge is 2.19. The van der Waals surface area contributed by atoms with Crippen LogP contribution in [0.4, 0.5) is 4.79 Å². The molecule has 0 spiro atoms. The Bertz CT molecular complexity index is 957. The van der Waals surface area contributed by atoms with Crippen molar-refractivity contribution < 1.29 is 28.6 Å². The summed E-state index contributed by atoms with van der Waals surface area (Å²) in [7, 11) is 0. The van der Waals surface area contributed by atoms with E-state index in [1.807, 2.05) is 0 Å². The number of ether oxygens (including phenoxy) is 3. The van der Waals surface area contributed by atoms with Crippen molar-refractivity contribution in [3.8, 4) is 0 Å². The van der Waals surface area contributed by atoms with Crippen molar-refractivity contribution in [3.63, 3.8) is 0 Å². The molecule has 0 fully saturated rings. The molecule has 1 amide bonds. The molecular formula is C48H90N2O6. The van der Waals surface area contributed by atoms with Crippen LogP contribution < -0.4 is 5.32 Å². The van der Waals surface area contributed by atoms with Gasteiger partial charge in [-0.05, 0) is 91.9 Å². The maximum atomic E-state index is 12.8. The minimum atomic E-state index is -0.765. The van der Waals surface area contributed by atoms with Crippen LogP contribution in [0.5, 0.6) is 0 Å². The first-order chi connectivity index (χ1) is 27.2. The summed E-state index contributed by atoms with van der Waals surface area (Å²) in [6.45, 7) is 13.8. The van der Waals surface area contributed by atoms with E-state index in [0.717, 1.165) is 57.8 Å². The van der Waals surface area contributed by atoms with Crippen molar-refractivity contribution in [2.24, 2.45) is 0 Å². The van der Waals surface area contributed by atoms with Crippen molar-refractivity contribution in [3.05, 3.63) is 24.3 Å². The normalized spacial score (nSPS) is 12.4. The molecule has 0 saturated carbocycles. The molecule has 0 aromatic heterocycles. The Kier molecular flexibility index (Phi) is 39.1. The first-order valence-electron chi connectivity index (χ1n) is 23.5. The van der Waals surface area contributed by atoms with Gasteiger partial charge in [-0.3, -0.25) is 14.5 Å². The lowest BCUT2D eigenvalue weighted by Gasteiger charge is -2.30. The minimum Gasteiger partial charge on any atom is -0.462 e. The predicted octanol–water partition coefficient (Wildman–Crippen LogP) is 13.4. The number of nitrogens with one attached hydrogen (secondary N) is 1. The number of carbonyl (C=O) groups excluding carboxylic acids is 3. The molecule has 1 unspecified atom stereocenters. The molecule has 8 nitrogen and oxygen atoms in total. The molecular weight excluding hydrogens is 701 g/mol. The molecule has 0 aliphatic heterocycles. The molecule has 0 saturated heterocycles. The number of rotatable bonds is 40. The third kappa shape index (κ3) is 37.2. The Morgan fingerprint density at radius 1 is 0.518 bits per heavy atom. The lowest BCUT2D eigenvalue weighted by molar-refractivity contribution is -0.158. The van der Waals surface area contributed by atoms with Gasteiger partial charge in [-0.2, -0.15) is 0 Å². The fourth-order valence-corrected chi connectivity index (χ4v) is 6.92. The van der Waals surface area contributed by atoms with Gasteiger partial charge in [-0.1, -0.05) is 141 Å². The van der Waals surface area contributed by atoms with Crippen molar-refractivity contribution >= 4 is 18.0 Å². The largest absolute Gasteiger partial charge is 0.462 e. The molecule has 56 heavy (non-hydrogen) atoms. The first kappa shape index (κ1) is 53.6. The van der Waals surface area contributed by atoms with Gasteiger partial charge in [0, 0.05) is 31.5 Å². The Balaban J connectivity index is 4.43. The quantitative estimate of drug-likeness (QED) is 0.0286. The topological polar surface area (TPSA) is 94.2 Å². The molecule has 8 heteroatoms. The van der Waals surface area contributed by atoms with Gasteiger partial charge in [-0.15, -0.1) is 0 Å². The average Bonchev–Trinajstić information content (AvgIpc) is 3.17. The fraction of sp³-hybridized carbons (Fsp3) is 0.854. The number of unbranched alkanes of at least 4 members (excludes halogenated alkanes) is 22. The second-order valence-corrected chi connectivity index (χ2v) is 16.4. The second kappa shape index (κ2) is 40.8. The van der Waals surface area contributed by atoms with Crippen molar-refractivity contribution in [2.75, 3.05) is 26.3 Å². The zero-order valence-electron chi connectivity index (χ0n) is 37.6. The summed E-state index contributed by atoms with van der Waals surface area (Å²) in [5, 5.41) is 2.71. The second-order valence-electron chi connectivity index (χ2n) is 16.4. The zero-order valence-corrected chi connectivity index (χ0v) is 37.6. The van der Waals surface area contributed by atoms with Gasteiger partial charge in [0.15, 0.2) is 6.10 Å². The fourth-order valence-electron chi connectivity index (χ4n) is 6.92. The molecule has 0 aliphatic rings. The van der Waals surface area contributed by atoms with Crippen LogP contribution >= 0.6 is 0 Å².